The highest BCUT2D eigenvalue weighted by atomic mass is 19.1. The van der Waals surface area contributed by atoms with E-state index >= 15 is 4.39 Å². The second-order valence-corrected chi connectivity index (χ2v) is 8.74. The summed E-state index contributed by atoms with van der Waals surface area (Å²) in [4.78, 5) is 46.3. The molecular weight excluding hydrogens is 477 g/mol. The molecule has 3 aromatic heterocycles. The summed E-state index contributed by atoms with van der Waals surface area (Å²) in [5.41, 5.74) is 0.972. The number of carbonyl (C=O) groups excluding carboxylic acids is 2. The summed E-state index contributed by atoms with van der Waals surface area (Å²) < 4.78 is 22.3. The van der Waals surface area contributed by atoms with Crippen LogP contribution in [0.2, 0.25) is 0 Å². The molecule has 10 heteroatoms. The molecule has 0 unspecified atom stereocenters. The van der Waals surface area contributed by atoms with Gasteiger partial charge in [0.2, 0.25) is 5.43 Å². The summed E-state index contributed by atoms with van der Waals surface area (Å²) in [7, 11) is 0. The third-order valence-electron chi connectivity index (χ3n) is 6.53. The number of nitrogens with zero attached hydrogens (tertiary/aromatic N) is 4. The molecule has 37 heavy (non-hydrogen) atoms. The zero-order chi connectivity index (χ0) is 25.9. The van der Waals surface area contributed by atoms with Gasteiger partial charge in [-0.15, -0.1) is 0 Å². The number of carbonyl (C=O) groups is 2. The van der Waals surface area contributed by atoms with Gasteiger partial charge < -0.3 is 24.1 Å². The molecule has 5 rings (SSSR count). The smallest absolute Gasteiger partial charge is 0.289 e. The number of fused-ring (bicyclic) bond motifs is 1. The first-order chi connectivity index (χ1) is 18.0. The Morgan fingerprint density at radius 3 is 2.59 bits per heavy atom. The maximum atomic E-state index is 15.3. The van der Waals surface area contributed by atoms with Crippen molar-refractivity contribution in [2.45, 2.75) is 20.0 Å². The van der Waals surface area contributed by atoms with Gasteiger partial charge in [0, 0.05) is 50.5 Å². The zero-order valence-corrected chi connectivity index (χ0v) is 20.3. The minimum atomic E-state index is -0.552. The van der Waals surface area contributed by atoms with E-state index in [0.717, 1.165) is 0 Å². The molecule has 4 heterocycles. The van der Waals surface area contributed by atoms with Crippen molar-refractivity contribution in [3.63, 3.8) is 0 Å². The Labute approximate surface area is 212 Å². The highest BCUT2D eigenvalue weighted by Crippen LogP contribution is 2.26. The molecule has 0 atom stereocenters. The minimum absolute atomic E-state index is 0.0533. The maximum absolute atomic E-state index is 15.3. The summed E-state index contributed by atoms with van der Waals surface area (Å²) >= 11 is 0. The first-order valence-electron chi connectivity index (χ1n) is 12.1. The van der Waals surface area contributed by atoms with Gasteiger partial charge >= 0.3 is 0 Å². The number of furan rings is 1. The van der Waals surface area contributed by atoms with Crippen LogP contribution in [0.3, 0.4) is 0 Å². The zero-order valence-electron chi connectivity index (χ0n) is 20.3. The molecule has 1 aliphatic rings. The van der Waals surface area contributed by atoms with Gasteiger partial charge in [0.15, 0.2) is 5.76 Å². The standard InChI is InChI=1S/C27H26FN5O4/c1-2-31-17-20(26(35)30-16-18-6-3-4-8-29-18)25(34)19-14-21(28)23(15-22(19)31)32-9-11-33(12-10-32)27(36)24-7-5-13-37-24/h3-8,13-15,17H,2,9-12,16H2,1H3,(H,30,35). The fourth-order valence-corrected chi connectivity index (χ4v) is 4.54. The van der Waals surface area contributed by atoms with E-state index < -0.39 is 17.2 Å². The number of anilines is 1. The molecule has 1 N–H and O–H groups in total. The van der Waals surface area contributed by atoms with Crippen molar-refractivity contribution in [1.82, 2.24) is 19.8 Å². The summed E-state index contributed by atoms with van der Waals surface area (Å²) in [6, 6.07) is 11.5. The molecule has 0 aliphatic carbocycles. The van der Waals surface area contributed by atoms with Crippen molar-refractivity contribution in [2.75, 3.05) is 31.1 Å². The molecule has 4 aromatic rings. The average Bonchev–Trinajstić information content (AvgIpc) is 3.47. The summed E-state index contributed by atoms with van der Waals surface area (Å²) in [6.45, 7) is 4.22. The molecule has 1 saturated heterocycles. The normalized spacial score (nSPS) is 13.7. The Bertz CT molecular complexity index is 1490. The number of aromatic nitrogens is 2. The topological polar surface area (TPSA) is 101 Å². The Morgan fingerprint density at radius 1 is 1.11 bits per heavy atom. The highest BCUT2D eigenvalue weighted by molar-refractivity contribution is 5.98. The van der Waals surface area contributed by atoms with Crippen LogP contribution in [0.5, 0.6) is 0 Å². The molecule has 1 aliphatic heterocycles. The second kappa shape index (κ2) is 10.3. The lowest BCUT2D eigenvalue weighted by Gasteiger charge is -2.36. The number of hydrogen-bond acceptors (Lipinski definition) is 6. The lowest BCUT2D eigenvalue weighted by molar-refractivity contribution is 0.0714. The number of hydrogen-bond donors (Lipinski definition) is 1. The van der Waals surface area contributed by atoms with E-state index in [-0.39, 0.29) is 29.2 Å². The van der Waals surface area contributed by atoms with Crippen LogP contribution in [0.15, 0.2) is 70.3 Å². The maximum Gasteiger partial charge on any atom is 0.289 e. The Kier molecular flexibility index (Phi) is 6.72. The number of nitrogens with one attached hydrogen (secondary N) is 1. The lowest BCUT2D eigenvalue weighted by atomic mass is 10.1. The first-order valence-corrected chi connectivity index (χ1v) is 12.1. The predicted molar refractivity (Wildman–Crippen MR) is 136 cm³/mol. The molecular formula is C27H26FN5O4. The van der Waals surface area contributed by atoms with Gasteiger partial charge in [0.25, 0.3) is 11.8 Å². The molecule has 0 spiro atoms. The second-order valence-electron chi connectivity index (χ2n) is 8.74. The van der Waals surface area contributed by atoms with E-state index in [1.807, 2.05) is 17.9 Å². The van der Waals surface area contributed by atoms with Crippen molar-refractivity contribution >= 4 is 28.4 Å². The molecule has 190 valence electrons. The van der Waals surface area contributed by atoms with Gasteiger partial charge in [-0.1, -0.05) is 6.07 Å². The van der Waals surface area contributed by atoms with Crippen LogP contribution >= 0.6 is 0 Å². The summed E-state index contributed by atoms with van der Waals surface area (Å²) in [6.07, 6.45) is 4.59. The molecule has 9 nitrogen and oxygen atoms in total. The predicted octanol–water partition coefficient (Wildman–Crippen LogP) is 3.04. The Balaban J connectivity index is 1.39. The summed E-state index contributed by atoms with van der Waals surface area (Å²) in [5, 5.41) is 2.86. The number of aryl methyl sites for hydroxylation is 1. The van der Waals surface area contributed by atoms with Gasteiger partial charge in [-0.2, -0.15) is 0 Å². The van der Waals surface area contributed by atoms with E-state index in [9.17, 15) is 14.4 Å². The fourth-order valence-electron chi connectivity index (χ4n) is 4.54. The molecule has 2 amide bonds. The number of benzene rings is 1. The molecule has 1 aromatic carbocycles. The number of pyridine rings is 2. The van der Waals surface area contributed by atoms with Crippen LogP contribution in [0, 0.1) is 5.82 Å². The van der Waals surface area contributed by atoms with Gasteiger partial charge in [-0.25, -0.2) is 4.39 Å². The van der Waals surface area contributed by atoms with Crippen LogP contribution in [0.1, 0.15) is 33.5 Å². The minimum Gasteiger partial charge on any atom is -0.459 e. The number of piperazine rings is 1. The van der Waals surface area contributed by atoms with Gasteiger partial charge in [0.1, 0.15) is 11.4 Å². The van der Waals surface area contributed by atoms with Crippen molar-refractivity contribution in [2.24, 2.45) is 0 Å². The number of rotatable bonds is 6. The fraction of sp³-hybridized carbons (Fsp3) is 0.259. The van der Waals surface area contributed by atoms with Crippen LogP contribution in [-0.4, -0.2) is 52.4 Å². The van der Waals surface area contributed by atoms with E-state index in [1.54, 1.807) is 46.0 Å². The third kappa shape index (κ3) is 4.82. The van der Waals surface area contributed by atoms with E-state index in [1.165, 1.54) is 18.5 Å². The van der Waals surface area contributed by atoms with Crippen molar-refractivity contribution < 1.29 is 18.4 Å². The van der Waals surface area contributed by atoms with Crippen molar-refractivity contribution in [3.8, 4) is 0 Å². The quantitative estimate of drug-likeness (QED) is 0.434. The van der Waals surface area contributed by atoms with Gasteiger partial charge in [0.05, 0.1) is 29.7 Å². The Morgan fingerprint density at radius 2 is 1.92 bits per heavy atom. The van der Waals surface area contributed by atoms with Crippen molar-refractivity contribution in [3.05, 3.63) is 94.2 Å². The van der Waals surface area contributed by atoms with Crippen LogP contribution in [0.25, 0.3) is 10.9 Å². The third-order valence-corrected chi connectivity index (χ3v) is 6.53. The SMILES string of the molecule is CCn1cc(C(=O)NCc2ccccn2)c(=O)c2cc(F)c(N3CCN(C(=O)c4ccco4)CC3)cc21. The van der Waals surface area contributed by atoms with E-state index in [0.29, 0.717) is 49.6 Å². The van der Waals surface area contributed by atoms with Crippen LogP contribution < -0.4 is 15.6 Å². The van der Waals surface area contributed by atoms with Crippen molar-refractivity contribution in [1.29, 1.82) is 0 Å². The lowest BCUT2D eigenvalue weighted by Crippen LogP contribution is -2.49. The van der Waals surface area contributed by atoms with E-state index in [4.69, 9.17) is 4.42 Å². The number of halogens is 1. The Hall–Kier alpha value is -4.47. The van der Waals surface area contributed by atoms with Crippen LogP contribution in [0.4, 0.5) is 10.1 Å². The monoisotopic (exact) mass is 503 g/mol. The molecule has 0 radical (unpaired) electrons. The molecule has 0 bridgehead atoms. The van der Waals surface area contributed by atoms with Gasteiger partial charge in [-0.3, -0.25) is 19.4 Å². The first kappa shape index (κ1) is 24.2. The van der Waals surface area contributed by atoms with Gasteiger partial charge in [-0.05, 0) is 43.3 Å². The summed E-state index contributed by atoms with van der Waals surface area (Å²) in [5.74, 6) is -1.01. The molecule has 0 saturated carbocycles. The highest BCUT2D eigenvalue weighted by Gasteiger charge is 2.26. The largest absolute Gasteiger partial charge is 0.459 e. The molecule has 1 fully saturated rings. The van der Waals surface area contributed by atoms with E-state index in [2.05, 4.69) is 10.3 Å². The number of amides is 2. The van der Waals surface area contributed by atoms with Crippen LogP contribution in [-0.2, 0) is 13.1 Å². The average molecular weight is 504 g/mol.